The van der Waals surface area contributed by atoms with Crippen molar-refractivity contribution in [2.75, 3.05) is 0 Å². The van der Waals surface area contributed by atoms with E-state index in [0.29, 0.717) is 0 Å². The maximum absolute atomic E-state index is 2.20. The van der Waals surface area contributed by atoms with Crippen LogP contribution in [0.3, 0.4) is 0 Å². The predicted octanol–water partition coefficient (Wildman–Crippen LogP) is 5.90. The normalized spacial score (nSPS) is 10.0. The SMILES string of the molecule is Cc1c(C)c(C)[c-](C)c1C.Cc1c(C)c(C)[c-](C)c1C.[Lu]. The van der Waals surface area contributed by atoms with Gasteiger partial charge in [-0.25, -0.2) is 0 Å². The first-order chi connectivity index (χ1) is 9.11. The van der Waals surface area contributed by atoms with Crippen molar-refractivity contribution in [3.05, 3.63) is 55.6 Å². The smallest absolute Gasteiger partial charge is 0 e. The number of rotatable bonds is 0. The van der Waals surface area contributed by atoms with E-state index >= 15 is 0 Å². The summed E-state index contributed by atoms with van der Waals surface area (Å²) < 4.78 is 0. The third kappa shape index (κ3) is 4.02. The molecule has 0 saturated carbocycles. The van der Waals surface area contributed by atoms with E-state index in [0.717, 1.165) is 0 Å². The molecule has 2 rings (SSSR count). The van der Waals surface area contributed by atoms with Crippen molar-refractivity contribution in [3.8, 4) is 0 Å². The summed E-state index contributed by atoms with van der Waals surface area (Å²) in [5, 5.41) is 0. The second kappa shape index (κ2) is 7.98. The molecule has 0 amide bonds. The molecular formula is C20H30Lu-2. The van der Waals surface area contributed by atoms with E-state index < -0.39 is 0 Å². The van der Waals surface area contributed by atoms with Crippen LogP contribution in [0.2, 0.25) is 0 Å². The summed E-state index contributed by atoms with van der Waals surface area (Å²) in [6.45, 7) is 22.0. The van der Waals surface area contributed by atoms with Gasteiger partial charge in [-0.15, -0.1) is 0 Å². The molecule has 127 valence electrons. The van der Waals surface area contributed by atoms with Gasteiger partial charge in [0.25, 0.3) is 0 Å². The van der Waals surface area contributed by atoms with Crippen LogP contribution in [-0.4, -0.2) is 0 Å². The molecule has 2 aromatic rings. The van der Waals surface area contributed by atoms with Crippen molar-refractivity contribution in [1.82, 2.24) is 0 Å². The summed E-state index contributed by atoms with van der Waals surface area (Å²) >= 11 is 0. The Labute approximate surface area is 160 Å². The Hall–Kier alpha value is -0.0662. The van der Waals surface area contributed by atoms with E-state index in [9.17, 15) is 0 Å². The molecule has 0 aliphatic heterocycles. The Morgan fingerprint density at radius 3 is 0.619 bits per heavy atom. The molecule has 1 radical (unpaired) electrons. The van der Waals surface area contributed by atoms with Gasteiger partial charge in [-0.05, 0) is 0 Å². The van der Waals surface area contributed by atoms with Crippen LogP contribution in [0.5, 0.6) is 0 Å². The van der Waals surface area contributed by atoms with Crippen LogP contribution in [0.1, 0.15) is 55.6 Å². The van der Waals surface area contributed by atoms with Gasteiger partial charge in [-0.3, -0.25) is 0 Å². The zero-order valence-electron chi connectivity index (χ0n) is 15.3. The first-order valence-electron chi connectivity index (χ1n) is 7.50. The Morgan fingerprint density at radius 2 is 0.571 bits per heavy atom. The summed E-state index contributed by atoms with van der Waals surface area (Å²) in [6.07, 6.45) is 0. The molecule has 0 aliphatic rings. The quantitative estimate of drug-likeness (QED) is 0.444. The van der Waals surface area contributed by atoms with Gasteiger partial charge in [-0.2, -0.15) is 55.6 Å². The van der Waals surface area contributed by atoms with E-state index in [1.54, 1.807) is 0 Å². The Kier molecular flexibility index (Phi) is 7.95. The molecule has 0 aliphatic carbocycles. The third-order valence-electron chi connectivity index (χ3n) is 5.62. The van der Waals surface area contributed by atoms with E-state index in [4.69, 9.17) is 0 Å². The third-order valence-corrected chi connectivity index (χ3v) is 5.62. The van der Waals surface area contributed by atoms with Gasteiger partial charge in [0.15, 0.2) is 0 Å². The Bertz CT molecular complexity index is 404. The molecule has 21 heavy (non-hydrogen) atoms. The van der Waals surface area contributed by atoms with E-state index in [2.05, 4.69) is 69.2 Å². The van der Waals surface area contributed by atoms with Gasteiger partial charge < -0.3 is 0 Å². The first kappa shape index (κ1) is 20.9. The van der Waals surface area contributed by atoms with Crippen LogP contribution in [0.15, 0.2) is 0 Å². The van der Waals surface area contributed by atoms with Crippen LogP contribution < -0.4 is 0 Å². The summed E-state index contributed by atoms with van der Waals surface area (Å²) in [5.41, 5.74) is 14.7. The van der Waals surface area contributed by atoms with Crippen molar-refractivity contribution in [2.24, 2.45) is 0 Å². The van der Waals surface area contributed by atoms with Crippen LogP contribution in [0.4, 0.5) is 0 Å². The molecule has 1 heteroatoms. The van der Waals surface area contributed by atoms with Gasteiger partial charge in [-0.1, -0.05) is 69.2 Å². The second-order valence-corrected chi connectivity index (χ2v) is 6.25. The molecule has 0 heterocycles. The zero-order valence-corrected chi connectivity index (χ0v) is 16.9. The van der Waals surface area contributed by atoms with E-state index in [1.807, 2.05) is 0 Å². The molecule has 0 nitrogen and oxygen atoms in total. The molecule has 0 spiro atoms. The Morgan fingerprint density at radius 1 is 0.429 bits per heavy atom. The molecule has 0 aromatic heterocycles. The van der Waals surface area contributed by atoms with Crippen LogP contribution in [0.25, 0.3) is 0 Å². The van der Waals surface area contributed by atoms with Crippen molar-refractivity contribution < 1.29 is 36.9 Å². The molecule has 0 bridgehead atoms. The van der Waals surface area contributed by atoms with Gasteiger partial charge in [0.2, 0.25) is 0 Å². The van der Waals surface area contributed by atoms with Crippen molar-refractivity contribution in [1.29, 1.82) is 0 Å². The molecule has 0 unspecified atom stereocenters. The summed E-state index contributed by atoms with van der Waals surface area (Å²) in [5.74, 6) is 0. The largest absolute Gasteiger partial charge is 0.196 e. The standard InChI is InChI=1S/2C10H15.Lu/c2*1-6-7(2)9(4)10(5)8(6)3;/h2*1-5H3;/q2*-1;. The fraction of sp³-hybridized carbons (Fsp3) is 0.500. The van der Waals surface area contributed by atoms with Crippen LogP contribution >= 0.6 is 0 Å². The molecule has 0 saturated heterocycles. The Balaban J connectivity index is 0.000000364. The number of hydrogen-bond donors (Lipinski definition) is 0. The summed E-state index contributed by atoms with van der Waals surface area (Å²) in [6, 6.07) is 0. The monoisotopic (exact) mass is 445 g/mol. The molecular weight excluding hydrogens is 415 g/mol. The fourth-order valence-electron chi connectivity index (χ4n) is 2.81. The molecule has 0 N–H and O–H groups in total. The van der Waals surface area contributed by atoms with E-state index in [1.165, 1.54) is 55.6 Å². The fourth-order valence-corrected chi connectivity index (χ4v) is 2.81. The first-order valence-corrected chi connectivity index (χ1v) is 7.50. The maximum Gasteiger partial charge on any atom is 0 e. The minimum Gasteiger partial charge on any atom is -0.196 e. The minimum absolute atomic E-state index is 0. The van der Waals surface area contributed by atoms with Gasteiger partial charge in [0, 0.05) is 36.9 Å². The van der Waals surface area contributed by atoms with Crippen molar-refractivity contribution >= 4 is 0 Å². The van der Waals surface area contributed by atoms with Gasteiger partial charge in [0.05, 0.1) is 0 Å². The average molecular weight is 445 g/mol. The van der Waals surface area contributed by atoms with E-state index in [-0.39, 0.29) is 36.9 Å². The topological polar surface area (TPSA) is 0 Å². The molecule has 2 aromatic carbocycles. The zero-order chi connectivity index (χ0) is 15.8. The number of hydrogen-bond acceptors (Lipinski definition) is 0. The molecule has 0 fully saturated rings. The maximum atomic E-state index is 2.20. The van der Waals surface area contributed by atoms with Gasteiger partial charge >= 0.3 is 0 Å². The summed E-state index contributed by atoms with van der Waals surface area (Å²) in [4.78, 5) is 0. The summed E-state index contributed by atoms with van der Waals surface area (Å²) in [7, 11) is 0. The van der Waals surface area contributed by atoms with Crippen LogP contribution in [0, 0.1) is 106 Å². The average Bonchev–Trinajstić information content (AvgIpc) is 2.71. The second-order valence-electron chi connectivity index (χ2n) is 6.25. The minimum atomic E-state index is 0. The molecule has 0 atom stereocenters. The van der Waals surface area contributed by atoms with Gasteiger partial charge in [0.1, 0.15) is 0 Å². The van der Waals surface area contributed by atoms with Crippen LogP contribution in [-0.2, 0) is 0 Å². The van der Waals surface area contributed by atoms with Crippen molar-refractivity contribution in [3.63, 3.8) is 0 Å². The predicted molar refractivity (Wildman–Crippen MR) is 91.4 cm³/mol. The van der Waals surface area contributed by atoms with Crippen molar-refractivity contribution in [2.45, 2.75) is 69.2 Å².